The first kappa shape index (κ1) is 25.2. The van der Waals surface area contributed by atoms with Gasteiger partial charge in [-0.1, -0.05) is 0 Å². The van der Waals surface area contributed by atoms with Gasteiger partial charge in [0.05, 0.1) is 23.3 Å². The van der Waals surface area contributed by atoms with E-state index < -0.39 is 47.3 Å². The average molecular weight is 502 g/mol. The molecule has 2 unspecified atom stereocenters. The maximum atomic E-state index is 13.4. The first-order valence-corrected chi connectivity index (χ1v) is 10.9. The lowest BCUT2D eigenvalue weighted by molar-refractivity contribution is -0.138. The number of likely N-dealkylation sites (tertiary alicyclic amines) is 1. The lowest BCUT2D eigenvalue weighted by Gasteiger charge is -2.38. The molecule has 1 aliphatic rings. The summed E-state index contributed by atoms with van der Waals surface area (Å²) in [6.07, 6.45) is -10.8. The molecule has 1 fully saturated rings. The second-order valence-electron chi connectivity index (χ2n) is 9.68. The standard InChI is InChI=1S/C24H24F6N2O3/c1-22(2,3)35-21(34)31-9-8-20(33)19(12-31)32-17-6-4-13(23(25,26)27)10-15(17)16-11-14(24(28,29)30)5-7-18(16)32/h4-7,10-11,19-20,33H,8-9,12H2,1-3H3. The summed E-state index contributed by atoms with van der Waals surface area (Å²) in [5, 5.41) is 10.7. The number of fused-ring (bicyclic) bond motifs is 3. The van der Waals surface area contributed by atoms with Crippen LogP contribution in [0.1, 0.15) is 44.4 Å². The van der Waals surface area contributed by atoms with E-state index >= 15 is 0 Å². The molecule has 11 heteroatoms. The molecule has 0 radical (unpaired) electrons. The van der Waals surface area contributed by atoms with E-state index in [-0.39, 0.29) is 41.3 Å². The molecule has 1 N–H and O–H groups in total. The summed E-state index contributed by atoms with van der Waals surface area (Å²) in [5.74, 6) is 0. The Morgan fingerprint density at radius 3 is 1.83 bits per heavy atom. The van der Waals surface area contributed by atoms with Crippen molar-refractivity contribution in [2.24, 2.45) is 0 Å². The van der Waals surface area contributed by atoms with Crippen molar-refractivity contribution < 1.29 is 41.0 Å². The molecule has 190 valence electrons. The zero-order chi connectivity index (χ0) is 25.9. The molecule has 35 heavy (non-hydrogen) atoms. The zero-order valence-corrected chi connectivity index (χ0v) is 19.2. The number of hydrogen-bond acceptors (Lipinski definition) is 3. The van der Waals surface area contributed by atoms with Crippen LogP contribution in [0.3, 0.4) is 0 Å². The number of ether oxygens (including phenoxy) is 1. The minimum atomic E-state index is -4.69. The molecular formula is C24H24F6N2O3. The minimum Gasteiger partial charge on any atom is -0.444 e. The molecule has 2 atom stereocenters. The highest BCUT2D eigenvalue weighted by Crippen LogP contribution is 2.41. The maximum absolute atomic E-state index is 13.4. The molecule has 0 saturated carbocycles. The van der Waals surface area contributed by atoms with Crippen LogP contribution in [-0.4, -0.2) is 45.5 Å². The Morgan fingerprint density at radius 2 is 1.40 bits per heavy atom. The molecule has 0 spiro atoms. The van der Waals surface area contributed by atoms with Crippen LogP contribution in [0.2, 0.25) is 0 Å². The van der Waals surface area contributed by atoms with Crippen LogP contribution in [0.4, 0.5) is 31.1 Å². The number of nitrogens with zero attached hydrogens (tertiary/aromatic N) is 2. The number of halogens is 6. The number of hydrogen-bond donors (Lipinski definition) is 1. The van der Waals surface area contributed by atoms with E-state index in [0.717, 1.165) is 24.3 Å². The highest BCUT2D eigenvalue weighted by atomic mass is 19.4. The number of carbonyl (C=O) groups is 1. The van der Waals surface area contributed by atoms with Gasteiger partial charge in [-0.2, -0.15) is 26.3 Å². The molecule has 5 nitrogen and oxygen atoms in total. The summed E-state index contributed by atoms with van der Waals surface area (Å²) in [6.45, 7) is 5.26. The number of rotatable bonds is 1. The second-order valence-corrected chi connectivity index (χ2v) is 9.68. The predicted octanol–water partition coefficient (Wildman–Crippen LogP) is 6.37. The van der Waals surface area contributed by atoms with Gasteiger partial charge >= 0.3 is 18.4 Å². The molecule has 1 aromatic heterocycles. The molecule has 1 amide bonds. The third-order valence-electron chi connectivity index (χ3n) is 5.99. The van der Waals surface area contributed by atoms with Crippen LogP contribution in [0, 0.1) is 0 Å². The van der Waals surface area contributed by atoms with E-state index in [4.69, 9.17) is 4.74 Å². The molecule has 1 saturated heterocycles. The highest BCUT2D eigenvalue weighted by Gasteiger charge is 2.37. The van der Waals surface area contributed by atoms with Gasteiger partial charge in [-0.25, -0.2) is 4.79 Å². The van der Waals surface area contributed by atoms with Crippen LogP contribution in [-0.2, 0) is 17.1 Å². The Hall–Kier alpha value is -2.95. The van der Waals surface area contributed by atoms with Crippen LogP contribution in [0.25, 0.3) is 21.8 Å². The normalized spacial score (nSPS) is 20.0. The third kappa shape index (κ3) is 4.91. The van der Waals surface area contributed by atoms with Crippen molar-refractivity contribution in [1.29, 1.82) is 0 Å². The van der Waals surface area contributed by atoms with Crippen LogP contribution in [0.15, 0.2) is 36.4 Å². The van der Waals surface area contributed by atoms with Crippen molar-refractivity contribution in [2.75, 3.05) is 13.1 Å². The van der Waals surface area contributed by atoms with Crippen molar-refractivity contribution in [1.82, 2.24) is 9.47 Å². The van der Waals surface area contributed by atoms with Gasteiger partial charge in [-0.3, -0.25) is 0 Å². The van der Waals surface area contributed by atoms with E-state index in [1.54, 1.807) is 20.8 Å². The van der Waals surface area contributed by atoms with Crippen molar-refractivity contribution in [3.8, 4) is 0 Å². The van der Waals surface area contributed by atoms with Gasteiger partial charge in [0.15, 0.2) is 0 Å². The first-order valence-electron chi connectivity index (χ1n) is 10.9. The van der Waals surface area contributed by atoms with Crippen molar-refractivity contribution in [3.05, 3.63) is 47.5 Å². The van der Waals surface area contributed by atoms with E-state index in [2.05, 4.69) is 0 Å². The van der Waals surface area contributed by atoms with Crippen molar-refractivity contribution in [3.63, 3.8) is 0 Å². The Kier molecular flexibility index (Phi) is 5.98. The fourth-order valence-electron chi connectivity index (χ4n) is 4.43. The smallest absolute Gasteiger partial charge is 0.416 e. The first-order chi connectivity index (χ1) is 16.1. The van der Waals surface area contributed by atoms with Gasteiger partial charge in [0.25, 0.3) is 0 Å². The number of aromatic nitrogens is 1. The molecule has 0 bridgehead atoms. The Balaban J connectivity index is 1.89. The molecule has 1 aliphatic heterocycles. The summed E-state index contributed by atoms with van der Waals surface area (Å²) in [7, 11) is 0. The molecule has 0 aliphatic carbocycles. The van der Waals surface area contributed by atoms with Crippen LogP contribution >= 0.6 is 0 Å². The van der Waals surface area contributed by atoms with Gasteiger partial charge < -0.3 is 19.3 Å². The summed E-state index contributed by atoms with van der Waals surface area (Å²) in [6, 6.07) is 4.89. The SMILES string of the molecule is CC(C)(C)OC(=O)N1CCC(O)C(n2c3ccc(C(F)(F)F)cc3c3cc(C(F)(F)F)ccc32)C1. The van der Waals surface area contributed by atoms with Gasteiger partial charge in [-0.05, 0) is 63.6 Å². The summed E-state index contributed by atoms with van der Waals surface area (Å²) in [5.41, 5.74) is -2.32. The molecule has 4 rings (SSSR count). The van der Waals surface area contributed by atoms with Gasteiger partial charge in [0, 0.05) is 34.9 Å². The number of alkyl halides is 6. The minimum absolute atomic E-state index is 0.0254. The molecule has 2 aromatic carbocycles. The Bertz CT molecular complexity index is 1200. The quantitative estimate of drug-likeness (QED) is 0.393. The second kappa shape index (κ2) is 8.32. The maximum Gasteiger partial charge on any atom is 0.416 e. The summed E-state index contributed by atoms with van der Waals surface area (Å²) < 4.78 is 87.3. The van der Waals surface area contributed by atoms with E-state index in [0.29, 0.717) is 0 Å². The Morgan fingerprint density at radius 1 is 0.914 bits per heavy atom. The van der Waals surface area contributed by atoms with Crippen molar-refractivity contribution in [2.45, 2.75) is 57.3 Å². The van der Waals surface area contributed by atoms with Gasteiger partial charge in [0.1, 0.15) is 5.60 Å². The van der Waals surface area contributed by atoms with Crippen LogP contribution in [0.5, 0.6) is 0 Å². The average Bonchev–Trinajstić information content (AvgIpc) is 3.04. The highest BCUT2D eigenvalue weighted by molar-refractivity contribution is 6.08. The molecular weight excluding hydrogens is 478 g/mol. The molecule has 3 aromatic rings. The van der Waals surface area contributed by atoms with Crippen LogP contribution < -0.4 is 0 Å². The Labute approximate surface area is 196 Å². The lowest BCUT2D eigenvalue weighted by Crippen LogP contribution is -2.48. The summed E-state index contributed by atoms with van der Waals surface area (Å²) >= 11 is 0. The number of aliphatic hydroxyl groups is 1. The lowest BCUT2D eigenvalue weighted by atomic mass is 10.0. The number of aliphatic hydroxyl groups excluding tert-OH is 1. The topological polar surface area (TPSA) is 54.7 Å². The third-order valence-corrected chi connectivity index (χ3v) is 5.99. The molecule has 2 heterocycles. The number of carbonyl (C=O) groups excluding carboxylic acids is 1. The van der Waals surface area contributed by atoms with Gasteiger partial charge in [-0.15, -0.1) is 0 Å². The number of amides is 1. The van der Waals surface area contributed by atoms with E-state index in [9.17, 15) is 36.2 Å². The number of piperidine rings is 1. The fourth-order valence-corrected chi connectivity index (χ4v) is 4.43. The fraction of sp³-hybridized carbons (Fsp3) is 0.458. The van der Waals surface area contributed by atoms with Gasteiger partial charge in [0.2, 0.25) is 0 Å². The van der Waals surface area contributed by atoms with E-state index in [1.165, 1.54) is 21.6 Å². The summed E-state index contributed by atoms with van der Waals surface area (Å²) in [4.78, 5) is 14.0. The number of benzene rings is 2. The largest absolute Gasteiger partial charge is 0.444 e. The predicted molar refractivity (Wildman–Crippen MR) is 117 cm³/mol. The zero-order valence-electron chi connectivity index (χ0n) is 19.2. The monoisotopic (exact) mass is 502 g/mol. The van der Waals surface area contributed by atoms with Crippen molar-refractivity contribution >= 4 is 27.9 Å². The van der Waals surface area contributed by atoms with E-state index in [1.807, 2.05) is 0 Å².